The van der Waals surface area contributed by atoms with E-state index in [1.807, 2.05) is 43.3 Å². The van der Waals surface area contributed by atoms with E-state index in [2.05, 4.69) is 21.4 Å². The van der Waals surface area contributed by atoms with E-state index in [4.69, 9.17) is 14.5 Å². The van der Waals surface area contributed by atoms with Crippen LogP contribution in [0.3, 0.4) is 0 Å². The van der Waals surface area contributed by atoms with Gasteiger partial charge in [0.05, 0.1) is 36.6 Å². The van der Waals surface area contributed by atoms with E-state index >= 15 is 0 Å². The number of aromatic nitrogens is 3. The zero-order valence-electron chi connectivity index (χ0n) is 21.0. The number of nitrogens with one attached hydrogen (secondary N) is 1. The number of nitriles is 1. The molecule has 0 fully saturated rings. The lowest BCUT2D eigenvalue weighted by Crippen LogP contribution is -2.14. The quantitative estimate of drug-likeness (QED) is 0.279. The van der Waals surface area contributed by atoms with Gasteiger partial charge in [0.1, 0.15) is 16.1 Å². The molecule has 5 rings (SSSR count). The van der Waals surface area contributed by atoms with Crippen molar-refractivity contribution in [1.29, 1.82) is 5.26 Å². The summed E-state index contributed by atoms with van der Waals surface area (Å²) < 4.78 is 10.7. The summed E-state index contributed by atoms with van der Waals surface area (Å²) >= 11 is 1.30. The maximum Gasteiger partial charge on any atom is 0.259 e. The third-order valence-electron chi connectivity index (χ3n) is 5.94. The lowest BCUT2D eigenvalue weighted by molar-refractivity contribution is 0.102. The molecule has 8 nitrogen and oxygen atoms in total. The molecule has 5 aromatic rings. The fourth-order valence-electron chi connectivity index (χ4n) is 4.09. The fraction of sp³-hybridized carbons (Fsp3) is 0.138. The molecule has 0 saturated carbocycles. The van der Waals surface area contributed by atoms with Gasteiger partial charge in [-0.1, -0.05) is 35.6 Å². The largest absolute Gasteiger partial charge is 0.496 e. The van der Waals surface area contributed by atoms with Crippen LogP contribution in [-0.4, -0.2) is 35.1 Å². The molecule has 2 aromatic carbocycles. The average Bonchev–Trinajstić information content (AvgIpc) is 3.34. The summed E-state index contributed by atoms with van der Waals surface area (Å²) in [5.74, 6) is 0.181. The first-order chi connectivity index (χ1) is 18.5. The molecule has 9 heteroatoms. The van der Waals surface area contributed by atoms with Crippen LogP contribution < -0.4 is 10.1 Å². The van der Waals surface area contributed by atoms with Crippen LogP contribution in [0.15, 0.2) is 66.9 Å². The molecule has 0 aliphatic heterocycles. The number of methoxy groups -OCH3 is 2. The molecule has 3 aromatic heterocycles. The minimum absolute atomic E-state index is 0.341. The van der Waals surface area contributed by atoms with Crippen LogP contribution in [0.4, 0.5) is 5.13 Å². The van der Waals surface area contributed by atoms with Gasteiger partial charge in [0.2, 0.25) is 0 Å². The van der Waals surface area contributed by atoms with E-state index in [1.54, 1.807) is 38.5 Å². The summed E-state index contributed by atoms with van der Waals surface area (Å²) in [5.41, 5.74) is 6.35. The summed E-state index contributed by atoms with van der Waals surface area (Å²) in [6, 6.07) is 20.9. The van der Waals surface area contributed by atoms with E-state index in [9.17, 15) is 10.1 Å². The van der Waals surface area contributed by atoms with Crippen LogP contribution in [0.1, 0.15) is 27.2 Å². The Morgan fingerprint density at radius 3 is 2.58 bits per heavy atom. The molecule has 3 heterocycles. The Kier molecular flexibility index (Phi) is 7.09. The molecule has 1 N–H and O–H groups in total. The number of anilines is 1. The number of benzene rings is 2. The first-order valence-corrected chi connectivity index (χ1v) is 12.5. The van der Waals surface area contributed by atoms with E-state index in [0.717, 1.165) is 22.5 Å². The van der Waals surface area contributed by atoms with Crippen molar-refractivity contribution in [1.82, 2.24) is 15.0 Å². The number of carbonyl (C=O) groups excluding carboxylic acids is 1. The molecule has 0 aliphatic rings. The second-order valence-electron chi connectivity index (χ2n) is 8.52. The van der Waals surface area contributed by atoms with Gasteiger partial charge in [0.25, 0.3) is 5.91 Å². The van der Waals surface area contributed by atoms with Gasteiger partial charge in [-0.3, -0.25) is 15.1 Å². The minimum atomic E-state index is -0.370. The number of ether oxygens (including phenoxy) is 2. The molecular formula is C29H23N5O3S. The molecule has 0 radical (unpaired) electrons. The van der Waals surface area contributed by atoms with Crippen molar-refractivity contribution in [3.8, 4) is 34.2 Å². The Hall–Kier alpha value is -4.65. The molecule has 0 saturated heterocycles. The van der Waals surface area contributed by atoms with Crippen LogP contribution in [0.2, 0.25) is 0 Å². The number of amides is 1. The van der Waals surface area contributed by atoms with Crippen molar-refractivity contribution in [3.63, 3.8) is 0 Å². The van der Waals surface area contributed by atoms with Gasteiger partial charge in [0, 0.05) is 35.7 Å². The van der Waals surface area contributed by atoms with Gasteiger partial charge in [0.15, 0.2) is 5.13 Å². The maximum atomic E-state index is 13.4. The van der Waals surface area contributed by atoms with Crippen molar-refractivity contribution in [2.75, 3.05) is 19.5 Å². The lowest BCUT2D eigenvalue weighted by atomic mass is 9.97. The maximum absolute atomic E-state index is 13.4. The van der Waals surface area contributed by atoms with Crippen LogP contribution in [0, 0.1) is 18.3 Å². The first-order valence-electron chi connectivity index (χ1n) is 11.7. The molecule has 0 atom stereocenters. The number of hydrogen-bond acceptors (Lipinski definition) is 8. The van der Waals surface area contributed by atoms with E-state index in [0.29, 0.717) is 50.1 Å². The molecule has 0 unspecified atom stereocenters. The summed E-state index contributed by atoms with van der Waals surface area (Å²) in [5, 5.41) is 12.7. The molecule has 1 amide bonds. The zero-order valence-corrected chi connectivity index (χ0v) is 21.8. The van der Waals surface area contributed by atoms with Gasteiger partial charge in [-0.25, -0.2) is 9.97 Å². The smallest absolute Gasteiger partial charge is 0.259 e. The fourth-order valence-corrected chi connectivity index (χ4v) is 4.92. The Morgan fingerprint density at radius 2 is 1.84 bits per heavy atom. The highest BCUT2D eigenvalue weighted by Gasteiger charge is 2.19. The number of hydrogen-bond donors (Lipinski definition) is 1. The standard InChI is InChI=1S/C29H23N5O3S/c1-17-12-21(22-13-19(14-30)6-11-26(22)37-3)23(15-31-17)27(35)34-29-33-25-10-9-24(32-28(25)38-29)20-7-4-18(5-8-20)16-36-2/h4-13,15H,16H2,1-3H3,(H,33,34,35). The topological polar surface area (TPSA) is 110 Å². The molecule has 38 heavy (non-hydrogen) atoms. The van der Waals surface area contributed by atoms with E-state index < -0.39 is 0 Å². The summed E-state index contributed by atoms with van der Waals surface area (Å²) in [6.45, 7) is 2.40. The Balaban J connectivity index is 1.45. The highest BCUT2D eigenvalue weighted by atomic mass is 32.1. The number of rotatable bonds is 7. The van der Waals surface area contributed by atoms with Crippen LogP contribution in [0.5, 0.6) is 5.75 Å². The first kappa shape index (κ1) is 25.0. The Labute approximate surface area is 223 Å². The molecular weight excluding hydrogens is 498 g/mol. The predicted octanol–water partition coefficient (Wildman–Crippen LogP) is 6.01. The van der Waals surface area contributed by atoms with Gasteiger partial charge in [-0.05, 0) is 48.9 Å². The molecule has 188 valence electrons. The molecule has 0 aliphatic carbocycles. The van der Waals surface area contributed by atoms with Crippen LogP contribution in [-0.2, 0) is 11.3 Å². The van der Waals surface area contributed by atoms with Gasteiger partial charge in [-0.15, -0.1) is 0 Å². The zero-order chi connectivity index (χ0) is 26.6. The summed E-state index contributed by atoms with van der Waals surface area (Å²) in [4.78, 5) is 27.7. The number of aryl methyl sites for hydroxylation is 1. The lowest BCUT2D eigenvalue weighted by Gasteiger charge is -2.13. The third-order valence-corrected chi connectivity index (χ3v) is 6.82. The van der Waals surface area contributed by atoms with Gasteiger partial charge in [-0.2, -0.15) is 5.26 Å². The van der Waals surface area contributed by atoms with Crippen LogP contribution in [0.25, 0.3) is 32.7 Å². The Morgan fingerprint density at radius 1 is 1.03 bits per heavy atom. The number of carbonyl (C=O) groups is 1. The van der Waals surface area contributed by atoms with Crippen molar-refractivity contribution < 1.29 is 14.3 Å². The highest BCUT2D eigenvalue weighted by Crippen LogP contribution is 2.34. The third kappa shape index (κ3) is 5.09. The van der Waals surface area contributed by atoms with E-state index in [1.165, 1.54) is 17.5 Å². The predicted molar refractivity (Wildman–Crippen MR) is 147 cm³/mol. The summed E-state index contributed by atoms with van der Waals surface area (Å²) in [7, 11) is 3.22. The Bertz CT molecular complexity index is 1690. The van der Waals surface area contributed by atoms with Crippen LogP contribution >= 0.6 is 11.3 Å². The summed E-state index contributed by atoms with van der Waals surface area (Å²) in [6.07, 6.45) is 1.52. The van der Waals surface area contributed by atoms with E-state index in [-0.39, 0.29) is 5.91 Å². The number of fused-ring (bicyclic) bond motifs is 1. The number of nitrogens with zero attached hydrogens (tertiary/aromatic N) is 4. The molecule has 0 bridgehead atoms. The van der Waals surface area contributed by atoms with Crippen molar-refractivity contribution >= 4 is 32.7 Å². The number of thiazole rings is 1. The second kappa shape index (κ2) is 10.8. The monoisotopic (exact) mass is 521 g/mol. The second-order valence-corrected chi connectivity index (χ2v) is 9.50. The van der Waals surface area contributed by atoms with Gasteiger partial charge < -0.3 is 9.47 Å². The normalized spacial score (nSPS) is 10.8. The van der Waals surface area contributed by atoms with Gasteiger partial charge >= 0.3 is 0 Å². The average molecular weight is 522 g/mol. The van der Waals surface area contributed by atoms with Crippen molar-refractivity contribution in [3.05, 3.63) is 89.2 Å². The van der Waals surface area contributed by atoms with Crippen molar-refractivity contribution in [2.24, 2.45) is 0 Å². The minimum Gasteiger partial charge on any atom is -0.496 e. The van der Waals surface area contributed by atoms with Crippen molar-refractivity contribution in [2.45, 2.75) is 13.5 Å². The number of pyridine rings is 2. The SMILES string of the molecule is COCc1ccc(-c2ccc3nc(NC(=O)c4cnc(C)cc4-c4cc(C#N)ccc4OC)sc3n2)cc1. The highest BCUT2D eigenvalue weighted by molar-refractivity contribution is 7.22. The molecule has 0 spiro atoms.